The van der Waals surface area contributed by atoms with Crippen molar-refractivity contribution in [2.75, 3.05) is 6.54 Å². The predicted molar refractivity (Wildman–Crippen MR) is 57.3 cm³/mol. The normalized spacial score (nSPS) is 20.7. The average Bonchev–Trinajstić information content (AvgIpc) is 2.27. The van der Waals surface area contributed by atoms with Gasteiger partial charge in [0.05, 0.1) is 0 Å². The van der Waals surface area contributed by atoms with Gasteiger partial charge in [0.2, 0.25) is 0 Å². The number of amides is 2. The summed E-state index contributed by atoms with van der Waals surface area (Å²) in [5.74, 6) is 0.447. The molecule has 3 heteroatoms. The van der Waals surface area contributed by atoms with Crippen LogP contribution >= 0.6 is 0 Å². The van der Waals surface area contributed by atoms with E-state index in [0.717, 1.165) is 5.57 Å². The zero-order valence-corrected chi connectivity index (χ0v) is 7.66. The molecule has 3 nitrogen and oxygen atoms in total. The molecule has 13 heavy (non-hydrogen) atoms. The molecule has 0 saturated carbocycles. The van der Waals surface area contributed by atoms with Crippen molar-refractivity contribution < 1.29 is 7.65 Å². The zero-order chi connectivity index (χ0) is 9.68. The van der Waals surface area contributed by atoms with Crippen LogP contribution in [0.5, 0.6) is 0 Å². The first-order chi connectivity index (χ1) is 6.18. The summed E-state index contributed by atoms with van der Waals surface area (Å²) in [6.45, 7) is 2.59. The van der Waals surface area contributed by atoms with Crippen molar-refractivity contribution in [3.63, 3.8) is 0 Å². The molecule has 0 bridgehead atoms. The number of allylic oxidation sites excluding steroid dienone is 4. The van der Waals surface area contributed by atoms with Crippen molar-refractivity contribution in [3.8, 4) is 0 Å². The fourth-order valence-electron chi connectivity index (χ4n) is 1.06. The molecule has 0 radical (unpaired) electrons. The maximum Gasteiger partial charge on any atom is 0.312 e. The van der Waals surface area contributed by atoms with Crippen molar-refractivity contribution in [1.82, 2.24) is 5.32 Å². The second kappa shape index (κ2) is 4.50. The number of nitrogens with two attached hydrogens (primary N) is 1. The molecule has 0 spiro atoms. The summed E-state index contributed by atoms with van der Waals surface area (Å²) in [6, 6.07) is -0.490. The molecular formula is C10H18N2O. The Morgan fingerprint density at radius 1 is 1.69 bits per heavy atom. The van der Waals surface area contributed by atoms with Crippen LogP contribution in [0, 0.1) is 5.92 Å². The van der Waals surface area contributed by atoms with Gasteiger partial charge in [0, 0.05) is 9.40 Å². The van der Waals surface area contributed by atoms with Crippen molar-refractivity contribution >= 4 is 6.03 Å². The SMILES string of the molecule is CC1C=CC=C(CNC(N)=O)C=C1.[HH].[HH]. The van der Waals surface area contributed by atoms with E-state index in [1.807, 2.05) is 18.2 Å². The number of carbonyl (C=O) groups excluding carboxylic acids is 1. The average molecular weight is 182 g/mol. The van der Waals surface area contributed by atoms with E-state index in [9.17, 15) is 4.79 Å². The van der Waals surface area contributed by atoms with E-state index in [2.05, 4.69) is 24.4 Å². The van der Waals surface area contributed by atoms with Crippen LogP contribution in [0.15, 0.2) is 36.0 Å². The molecule has 0 aromatic heterocycles. The Labute approximate surface area is 81.0 Å². The molecule has 1 rings (SSSR count). The number of hydrogen-bond donors (Lipinski definition) is 2. The van der Waals surface area contributed by atoms with Crippen LogP contribution in [-0.2, 0) is 0 Å². The molecule has 1 aliphatic rings. The van der Waals surface area contributed by atoms with Crippen LogP contribution in [-0.4, -0.2) is 12.6 Å². The zero-order valence-electron chi connectivity index (χ0n) is 7.66. The van der Waals surface area contributed by atoms with Gasteiger partial charge in [-0.15, -0.1) is 0 Å². The van der Waals surface area contributed by atoms with Crippen LogP contribution in [0.1, 0.15) is 9.78 Å². The first-order valence-corrected chi connectivity index (χ1v) is 4.27. The van der Waals surface area contributed by atoms with Gasteiger partial charge < -0.3 is 11.1 Å². The highest BCUT2D eigenvalue weighted by molar-refractivity contribution is 5.72. The molecule has 74 valence electrons. The number of primary amides is 1. The summed E-state index contributed by atoms with van der Waals surface area (Å²) in [5.41, 5.74) is 6.01. The van der Waals surface area contributed by atoms with E-state index in [0.29, 0.717) is 12.5 Å². The third-order valence-electron chi connectivity index (χ3n) is 1.81. The fourth-order valence-corrected chi connectivity index (χ4v) is 1.06. The highest BCUT2D eigenvalue weighted by Gasteiger charge is 1.98. The first-order valence-electron chi connectivity index (χ1n) is 4.27. The Kier molecular flexibility index (Phi) is 3.31. The summed E-state index contributed by atoms with van der Waals surface area (Å²) in [6.07, 6.45) is 10.1. The molecule has 0 aromatic carbocycles. The van der Waals surface area contributed by atoms with Gasteiger partial charge in [0.15, 0.2) is 0 Å². The van der Waals surface area contributed by atoms with E-state index in [-0.39, 0.29) is 2.85 Å². The van der Waals surface area contributed by atoms with Gasteiger partial charge in [-0.3, -0.25) is 0 Å². The summed E-state index contributed by atoms with van der Waals surface area (Å²) in [5, 5.41) is 2.54. The minimum Gasteiger partial charge on any atom is -0.352 e. The summed E-state index contributed by atoms with van der Waals surface area (Å²) >= 11 is 0. The largest absolute Gasteiger partial charge is 0.352 e. The summed E-state index contributed by atoms with van der Waals surface area (Å²) < 4.78 is 0. The Hall–Kier alpha value is -1.51. The molecule has 0 saturated heterocycles. The van der Waals surface area contributed by atoms with E-state index < -0.39 is 6.03 Å². The number of carbonyl (C=O) groups is 1. The molecule has 2 amide bonds. The van der Waals surface area contributed by atoms with Crippen molar-refractivity contribution in [2.24, 2.45) is 11.7 Å². The molecule has 1 unspecified atom stereocenters. The van der Waals surface area contributed by atoms with Crippen LogP contribution in [0.25, 0.3) is 0 Å². The van der Waals surface area contributed by atoms with Crippen molar-refractivity contribution in [3.05, 3.63) is 36.0 Å². The molecule has 0 aromatic rings. The van der Waals surface area contributed by atoms with Gasteiger partial charge in [-0.1, -0.05) is 37.3 Å². The highest BCUT2D eigenvalue weighted by atomic mass is 16.2. The Morgan fingerprint density at radius 2 is 2.46 bits per heavy atom. The topological polar surface area (TPSA) is 55.1 Å². The number of urea groups is 1. The van der Waals surface area contributed by atoms with Crippen molar-refractivity contribution in [2.45, 2.75) is 6.92 Å². The molecule has 1 aliphatic carbocycles. The lowest BCUT2D eigenvalue weighted by molar-refractivity contribution is 0.250. The van der Waals surface area contributed by atoms with Gasteiger partial charge >= 0.3 is 6.03 Å². The lowest BCUT2D eigenvalue weighted by Gasteiger charge is -2.01. The second-order valence-electron chi connectivity index (χ2n) is 3.06. The molecule has 0 fully saturated rings. The van der Waals surface area contributed by atoms with Crippen LogP contribution in [0.2, 0.25) is 0 Å². The fraction of sp³-hybridized carbons (Fsp3) is 0.300. The standard InChI is InChI=1S/C10H14N2O.2H2/c1-8-3-2-4-9(6-5-8)7-12-10(11)13;;/h2-6,8H,7H2,1H3,(H3,11,12,13);2*1H. The van der Waals surface area contributed by atoms with Crippen LogP contribution < -0.4 is 11.1 Å². The smallest absolute Gasteiger partial charge is 0.312 e. The summed E-state index contributed by atoms with van der Waals surface area (Å²) in [7, 11) is 0. The van der Waals surface area contributed by atoms with Gasteiger partial charge in [-0.25, -0.2) is 4.79 Å². The van der Waals surface area contributed by atoms with Gasteiger partial charge in [0.1, 0.15) is 0 Å². The van der Waals surface area contributed by atoms with Crippen molar-refractivity contribution in [1.29, 1.82) is 0 Å². The minimum atomic E-state index is -0.490. The van der Waals surface area contributed by atoms with E-state index in [1.165, 1.54) is 0 Å². The number of nitrogens with one attached hydrogen (secondary N) is 1. The van der Waals surface area contributed by atoms with E-state index >= 15 is 0 Å². The molecule has 3 N–H and O–H groups in total. The maximum absolute atomic E-state index is 10.4. The lowest BCUT2D eigenvalue weighted by atomic mass is 10.1. The monoisotopic (exact) mass is 182 g/mol. The van der Waals surface area contributed by atoms with Crippen LogP contribution in [0.4, 0.5) is 4.79 Å². The van der Waals surface area contributed by atoms with E-state index in [4.69, 9.17) is 5.73 Å². The molecule has 0 heterocycles. The third kappa shape index (κ3) is 3.60. The number of rotatable bonds is 2. The Balaban J connectivity index is 0. The Morgan fingerprint density at radius 3 is 3.15 bits per heavy atom. The lowest BCUT2D eigenvalue weighted by Crippen LogP contribution is -2.30. The Bertz CT molecular complexity index is 285. The minimum absolute atomic E-state index is 0. The first kappa shape index (κ1) is 9.58. The van der Waals surface area contributed by atoms with Gasteiger partial charge in [0.25, 0.3) is 0 Å². The quantitative estimate of drug-likeness (QED) is 0.672. The third-order valence-corrected chi connectivity index (χ3v) is 1.81. The maximum atomic E-state index is 10.4. The molecule has 0 aliphatic heterocycles. The van der Waals surface area contributed by atoms with Gasteiger partial charge in [-0.2, -0.15) is 0 Å². The van der Waals surface area contributed by atoms with Crippen LogP contribution in [0.3, 0.4) is 0 Å². The number of hydrogen-bond acceptors (Lipinski definition) is 1. The van der Waals surface area contributed by atoms with Gasteiger partial charge in [-0.05, 0) is 11.5 Å². The molecule has 1 atom stereocenters. The molecular weight excluding hydrogens is 164 g/mol. The summed E-state index contributed by atoms with van der Waals surface area (Å²) in [4.78, 5) is 10.4. The van der Waals surface area contributed by atoms with E-state index in [1.54, 1.807) is 0 Å². The highest BCUT2D eigenvalue weighted by Crippen LogP contribution is 2.08. The second-order valence-corrected chi connectivity index (χ2v) is 3.06. The predicted octanol–water partition coefficient (Wildman–Crippen LogP) is 1.84.